The third kappa shape index (κ3) is 1.94. The first-order chi connectivity index (χ1) is 4.72. The lowest BCUT2D eigenvalue weighted by molar-refractivity contribution is -0.445. The van der Waals surface area contributed by atoms with Crippen molar-refractivity contribution in [3.05, 3.63) is 0 Å². The maximum Gasteiger partial charge on any atom is 0.0849 e. The summed E-state index contributed by atoms with van der Waals surface area (Å²) in [4.78, 5) is 0. The van der Waals surface area contributed by atoms with E-state index in [2.05, 4.69) is 5.73 Å². The highest BCUT2D eigenvalue weighted by Gasteiger charge is 2.29. The van der Waals surface area contributed by atoms with Crippen LogP contribution in [0.15, 0.2) is 0 Å². The second-order valence-corrected chi connectivity index (χ2v) is 3.38. The number of quaternary nitrogens is 1. The first-order valence-electron chi connectivity index (χ1n) is 3.92. The average Bonchev–Trinajstić information content (AvgIpc) is 1.84. The molecule has 3 heteroatoms. The normalized spacial score (nSPS) is 35.1. The van der Waals surface area contributed by atoms with Crippen LogP contribution in [0.4, 0.5) is 0 Å². The van der Waals surface area contributed by atoms with Crippen LogP contribution in [-0.4, -0.2) is 23.8 Å². The van der Waals surface area contributed by atoms with Crippen molar-refractivity contribution in [3.8, 4) is 0 Å². The molecular formula is C7H17N2O+. The molecule has 0 aliphatic heterocycles. The number of aliphatic hydroxyl groups excluding tert-OH is 1. The number of nitrogens with two attached hydrogens (primary N) is 1. The van der Waals surface area contributed by atoms with Crippen LogP contribution in [0.2, 0.25) is 0 Å². The van der Waals surface area contributed by atoms with Gasteiger partial charge in [-0.3, -0.25) is 0 Å². The lowest BCUT2D eigenvalue weighted by Gasteiger charge is -2.30. The molecule has 0 spiro atoms. The second-order valence-electron chi connectivity index (χ2n) is 3.38. The van der Waals surface area contributed by atoms with Crippen molar-refractivity contribution in [2.45, 2.75) is 31.3 Å². The largest absolute Gasteiger partial charge is 0.395 e. The predicted octanol–water partition coefficient (Wildman–Crippen LogP) is -1.28. The monoisotopic (exact) mass is 145 g/mol. The van der Waals surface area contributed by atoms with Crippen molar-refractivity contribution in [1.82, 2.24) is 0 Å². The molecule has 1 rings (SSSR count). The molecule has 0 heterocycles. The maximum absolute atomic E-state index is 8.63. The SMILES string of the molecule is NC(CO)CC1CC([NH3+])C1. The standard InChI is InChI=1S/C7H16N2O/c8-6-1-5(2-6)3-7(9)4-10/h5-7,10H,1-4,8-9H2/p+1. The minimum atomic E-state index is -0.00231. The highest BCUT2D eigenvalue weighted by atomic mass is 16.3. The molecule has 10 heavy (non-hydrogen) atoms. The Balaban J connectivity index is 2.04. The molecule has 0 aromatic rings. The third-order valence-corrected chi connectivity index (χ3v) is 2.20. The van der Waals surface area contributed by atoms with E-state index in [4.69, 9.17) is 10.8 Å². The Labute approximate surface area is 61.4 Å². The van der Waals surface area contributed by atoms with Gasteiger partial charge in [0.05, 0.1) is 12.6 Å². The fourth-order valence-corrected chi connectivity index (χ4v) is 1.57. The van der Waals surface area contributed by atoms with E-state index in [0.29, 0.717) is 6.04 Å². The first kappa shape index (κ1) is 7.98. The summed E-state index contributed by atoms with van der Waals surface area (Å²) < 4.78 is 0. The van der Waals surface area contributed by atoms with Gasteiger partial charge in [-0.1, -0.05) is 0 Å². The molecule has 6 N–H and O–H groups in total. The molecule has 0 amide bonds. The molecule has 0 aromatic heterocycles. The van der Waals surface area contributed by atoms with Crippen LogP contribution in [0.3, 0.4) is 0 Å². The van der Waals surface area contributed by atoms with Gasteiger partial charge < -0.3 is 16.6 Å². The summed E-state index contributed by atoms with van der Waals surface area (Å²) in [6.45, 7) is 0.123. The summed E-state index contributed by atoms with van der Waals surface area (Å²) >= 11 is 0. The Morgan fingerprint density at radius 1 is 1.60 bits per heavy atom. The van der Waals surface area contributed by atoms with Crippen LogP contribution in [0, 0.1) is 5.92 Å². The van der Waals surface area contributed by atoms with Crippen molar-refractivity contribution in [2.75, 3.05) is 6.61 Å². The molecule has 1 aliphatic rings. The second kappa shape index (κ2) is 3.32. The van der Waals surface area contributed by atoms with Crippen molar-refractivity contribution in [1.29, 1.82) is 0 Å². The fourth-order valence-electron chi connectivity index (χ4n) is 1.57. The number of aliphatic hydroxyl groups is 1. The van der Waals surface area contributed by atoms with Crippen LogP contribution in [-0.2, 0) is 0 Å². The van der Waals surface area contributed by atoms with Crippen molar-refractivity contribution in [3.63, 3.8) is 0 Å². The highest BCUT2D eigenvalue weighted by molar-refractivity contribution is 4.80. The number of hydrogen-bond acceptors (Lipinski definition) is 2. The minimum absolute atomic E-state index is 0.00231. The Kier molecular flexibility index (Phi) is 2.65. The summed E-state index contributed by atoms with van der Waals surface area (Å²) in [6.07, 6.45) is 3.38. The molecule has 1 aliphatic carbocycles. The van der Waals surface area contributed by atoms with Gasteiger partial charge in [-0.05, 0) is 12.3 Å². The molecule has 0 aromatic carbocycles. The van der Waals surface area contributed by atoms with Gasteiger partial charge in [0, 0.05) is 18.9 Å². The van der Waals surface area contributed by atoms with E-state index in [-0.39, 0.29) is 12.6 Å². The molecule has 1 fully saturated rings. The smallest absolute Gasteiger partial charge is 0.0849 e. The van der Waals surface area contributed by atoms with Gasteiger partial charge in [0.1, 0.15) is 0 Å². The fraction of sp³-hybridized carbons (Fsp3) is 1.00. The third-order valence-electron chi connectivity index (χ3n) is 2.20. The van der Waals surface area contributed by atoms with Crippen LogP contribution in [0.5, 0.6) is 0 Å². The van der Waals surface area contributed by atoms with Gasteiger partial charge in [-0.25, -0.2) is 0 Å². The van der Waals surface area contributed by atoms with Gasteiger partial charge in [0.2, 0.25) is 0 Å². The van der Waals surface area contributed by atoms with Crippen LogP contribution >= 0.6 is 0 Å². The van der Waals surface area contributed by atoms with Gasteiger partial charge in [0.15, 0.2) is 0 Å². The van der Waals surface area contributed by atoms with Gasteiger partial charge in [-0.2, -0.15) is 0 Å². The number of rotatable bonds is 3. The Morgan fingerprint density at radius 2 is 2.20 bits per heavy atom. The summed E-state index contributed by atoms with van der Waals surface area (Å²) in [6, 6.07) is 0.647. The van der Waals surface area contributed by atoms with Gasteiger partial charge in [0.25, 0.3) is 0 Å². The molecule has 3 nitrogen and oxygen atoms in total. The maximum atomic E-state index is 8.63. The minimum Gasteiger partial charge on any atom is -0.395 e. The number of hydrogen-bond donors (Lipinski definition) is 3. The van der Waals surface area contributed by atoms with Crippen molar-refractivity contribution in [2.24, 2.45) is 11.7 Å². The molecular weight excluding hydrogens is 128 g/mol. The van der Waals surface area contributed by atoms with E-state index in [9.17, 15) is 0 Å². The Bertz CT molecular complexity index is 102. The predicted molar refractivity (Wildman–Crippen MR) is 39.1 cm³/mol. The molecule has 60 valence electrons. The van der Waals surface area contributed by atoms with E-state index >= 15 is 0 Å². The van der Waals surface area contributed by atoms with Crippen LogP contribution in [0.1, 0.15) is 19.3 Å². The lowest BCUT2D eigenvalue weighted by atomic mass is 9.77. The molecule has 1 atom stereocenters. The van der Waals surface area contributed by atoms with Gasteiger partial charge in [-0.15, -0.1) is 0 Å². The van der Waals surface area contributed by atoms with Crippen LogP contribution < -0.4 is 11.5 Å². The molecule has 0 bridgehead atoms. The van der Waals surface area contributed by atoms with E-state index in [1.54, 1.807) is 0 Å². The van der Waals surface area contributed by atoms with E-state index in [0.717, 1.165) is 12.3 Å². The van der Waals surface area contributed by atoms with Crippen LogP contribution in [0.25, 0.3) is 0 Å². The summed E-state index contributed by atoms with van der Waals surface area (Å²) in [5.74, 6) is 0.740. The Morgan fingerprint density at radius 3 is 2.60 bits per heavy atom. The van der Waals surface area contributed by atoms with Crippen molar-refractivity contribution >= 4 is 0 Å². The Hall–Kier alpha value is -0.120. The zero-order valence-electron chi connectivity index (χ0n) is 6.29. The van der Waals surface area contributed by atoms with Crippen molar-refractivity contribution < 1.29 is 10.8 Å². The van der Waals surface area contributed by atoms with E-state index in [1.165, 1.54) is 12.8 Å². The quantitative estimate of drug-likeness (QED) is 0.462. The van der Waals surface area contributed by atoms with Gasteiger partial charge >= 0.3 is 0 Å². The lowest BCUT2D eigenvalue weighted by Crippen LogP contribution is -2.66. The summed E-state index contributed by atoms with van der Waals surface area (Å²) in [5, 5.41) is 8.63. The molecule has 0 radical (unpaired) electrons. The molecule has 1 saturated carbocycles. The molecule has 0 saturated heterocycles. The van der Waals surface area contributed by atoms with E-state index in [1.807, 2.05) is 0 Å². The zero-order valence-corrected chi connectivity index (χ0v) is 6.29. The first-order valence-corrected chi connectivity index (χ1v) is 3.92. The van der Waals surface area contributed by atoms with E-state index < -0.39 is 0 Å². The molecule has 1 unspecified atom stereocenters. The average molecular weight is 145 g/mol. The topological polar surface area (TPSA) is 73.9 Å². The highest BCUT2D eigenvalue weighted by Crippen LogP contribution is 2.28. The summed E-state index contributed by atoms with van der Waals surface area (Å²) in [5.41, 5.74) is 9.48. The zero-order chi connectivity index (χ0) is 7.56. The summed E-state index contributed by atoms with van der Waals surface area (Å²) in [7, 11) is 0.